The van der Waals surface area contributed by atoms with Crippen LogP contribution in [0.2, 0.25) is 5.02 Å². The van der Waals surface area contributed by atoms with Crippen LogP contribution in [0.1, 0.15) is 18.9 Å². The standard InChI is InChI=1S/C13H16ClN3O2S/c1-9-4-11(7-16)8-17(9)20(18,19)13-3-2-10(6-15)5-12(13)14/h2-3,5,9,11H,4,7-8,16H2,1H3. The molecule has 0 spiro atoms. The van der Waals surface area contributed by atoms with Gasteiger partial charge >= 0.3 is 0 Å². The highest BCUT2D eigenvalue weighted by molar-refractivity contribution is 7.89. The maximum Gasteiger partial charge on any atom is 0.244 e. The van der Waals surface area contributed by atoms with Crippen molar-refractivity contribution in [3.8, 4) is 6.07 Å². The third kappa shape index (κ3) is 2.67. The Balaban J connectivity index is 2.39. The van der Waals surface area contributed by atoms with Gasteiger partial charge in [-0.1, -0.05) is 11.6 Å². The Morgan fingerprint density at radius 2 is 2.25 bits per heavy atom. The van der Waals surface area contributed by atoms with Crippen LogP contribution in [0.3, 0.4) is 0 Å². The molecule has 1 aromatic carbocycles. The van der Waals surface area contributed by atoms with Crippen molar-refractivity contribution >= 4 is 21.6 Å². The van der Waals surface area contributed by atoms with Crippen LogP contribution >= 0.6 is 11.6 Å². The average Bonchev–Trinajstić information content (AvgIpc) is 2.80. The number of rotatable bonds is 3. The lowest BCUT2D eigenvalue weighted by Gasteiger charge is -2.21. The first kappa shape index (κ1) is 15.3. The summed E-state index contributed by atoms with van der Waals surface area (Å²) in [5, 5.41) is 8.87. The van der Waals surface area contributed by atoms with E-state index in [4.69, 9.17) is 22.6 Å². The van der Waals surface area contributed by atoms with E-state index in [9.17, 15) is 8.42 Å². The lowest BCUT2D eigenvalue weighted by Crippen LogP contribution is -2.34. The number of sulfonamides is 1. The largest absolute Gasteiger partial charge is 0.330 e. The molecule has 1 aliphatic heterocycles. The number of nitriles is 1. The third-order valence-corrected chi connectivity index (χ3v) is 6.05. The monoisotopic (exact) mass is 313 g/mol. The molecule has 0 aromatic heterocycles. The summed E-state index contributed by atoms with van der Waals surface area (Å²) in [4.78, 5) is 0.0442. The molecule has 20 heavy (non-hydrogen) atoms. The first-order chi connectivity index (χ1) is 9.40. The topological polar surface area (TPSA) is 87.2 Å². The van der Waals surface area contributed by atoms with Crippen molar-refractivity contribution in [3.05, 3.63) is 28.8 Å². The van der Waals surface area contributed by atoms with Crippen molar-refractivity contribution < 1.29 is 8.42 Å². The van der Waals surface area contributed by atoms with E-state index in [0.29, 0.717) is 18.7 Å². The lowest BCUT2D eigenvalue weighted by atomic mass is 10.1. The van der Waals surface area contributed by atoms with Gasteiger partial charge in [0.25, 0.3) is 0 Å². The van der Waals surface area contributed by atoms with Crippen LogP contribution in [-0.4, -0.2) is 31.9 Å². The van der Waals surface area contributed by atoms with Crippen molar-refractivity contribution in [2.75, 3.05) is 13.1 Å². The summed E-state index contributed by atoms with van der Waals surface area (Å²) >= 11 is 6.01. The number of nitrogens with zero attached hydrogens (tertiary/aromatic N) is 2. The van der Waals surface area contributed by atoms with Crippen LogP contribution in [0.25, 0.3) is 0 Å². The second kappa shape index (κ2) is 5.70. The molecule has 2 atom stereocenters. The molecule has 1 saturated heterocycles. The smallest absolute Gasteiger partial charge is 0.244 e. The summed E-state index contributed by atoms with van der Waals surface area (Å²) in [6, 6.07) is 6.05. The fraction of sp³-hybridized carbons (Fsp3) is 0.462. The lowest BCUT2D eigenvalue weighted by molar-refractivity contribution is 0.404. The molecule has 2 rings (SSSR count). The SMILES string of the molecule is CC1CC(CN)CN1S(=O)(=O)c1ccc(C#N)cc1Cl. The molecule has 108 valence electrons. The van der Waals surface area contributed by atoms with Crippen LogP contribution in [0, 0.1) is 17.2 Å². The molecule has 0 amide bonds. The van der Waals surface area contributed by atoms with Gasteiger partial charge < -0.3 is 5.73 Å². The minimum atomic E-state index is -3.65. The van der Waals surface area contributed by atoms with Gasteiger partial charge in [-0.25, -0.2) is 8.42 Å². The van der Waals surface area contributed by atoms with Gasteiger partial charge in [0.2, 0.25) is 10.0 Å². The summed E-state index contributed by atoms with van der Waals surface area (Å²) in [6.45, 7) is 2.75. The predicted octanol–water partition coefficient (Wildman–Crippen LogP) is 1.57. The van der Waals surface area contributed by atoms with Crippen LogP contribution in [0.15, 0.2) is 23.1 Å². The molecule has 0 aliphatic carbocycles. The summed E-state index contributed by atoms with van der Waals surface area (Å²) in [7, 11) is -3.65. The van der Waals surface area contributed by atoms with Crippen LogP contribution in [0.5, 0.6) is 0 Å². The molecule has 0 saturated carbocycles. The number of benzene rings is 1. The molecule has 0 bridgehead atoms. The van der Waals surface area contributed by atoms with Gasteiger partial charge in [-0.2, -0.15) is 9.57 Å². The van der Waals surface area contributed by atoms with E-state index in [1.165, 1.54) is 22.5 Å². The predicted molar refractivity (Wildman–Crippen MR) is 76.7 cm³/mol. The second-order valence-electron chi connectivity index (χ2n) is 5.02. The highest BCUT2D eigenvalue weighted by Gasteiger charge is 2.38. The van der Waals surface area contributed by atoms with E-state index in [-0.39, 0.29) is 21.9 Å². The van der Waals surface area contributed by atoms with E-state index in [1.807, 2.05) is 13.0 Å². The van der Waals surface area contributed by atoms with E-state index in [0.717, 1.165) is 6.42 Å². The Kier molecular flexibility index (Phi) is 4.35. The fourth-order valence-electron chi connectivity index (χ4n) is 2.52. The Bertz CT molecular complexity index is 654. The Hall–Kier alpha value is -1.13. The summed E-state index contributed by atoms with van der Waals surface area (Å²) < 4.78 is 26.7. The summed E-state index contributed by atoms with van der Waals surface area (Å²) in [5.41, 5.74) is 5.96. The van der Waals surface area contributed by atoms with Gasteiger partial charge in [-0.15, -0.1) is 0 Å². The minimum absolute atomic E-state index is 0.0442. The van der Waals surface area contributed by atoms with Crippen molar-refractivity contribution in [2.24, 2.45) is 11.7 Å². The average molecular weight is 314 g/mol. The van der Waals surface area contributed by atoms with Gasteiger partial charge in [-0.05, 0) is 44.0 Å². The molecule has 1 aromatic rings. The molecule has 5 nitrogen and oxygen atoms in total. The zero-order valence-corrected chi connectivity index (χ0v) is 12.7. The normalized spacial score (nSPS) is 23.7. The Morgan fingerprint density at radius 1 is 1.55 bits per heavy atom. The highest BCUT2D eigenvalue weighted by atomic mass is 35.5. The first-order valence-electron chi connectivity index (χ1n) is 6.31. The Morgan fingerprint density at radius 3 is 2.75 bits per heavy atom. The second-order valence-corrected chi connectivity index (χ2v) is 7.28. The molecule has 0 radical (unpaired) electrons. The van der Waals surface area contributed by atoms with E-state index in [2.05, 4.69) is 0 Å². The zero-order chi connectivity index (χ0) is 14.9. The quantitative estimate of drug-likeness (QED) is 0.917. The van der Waals surface area contributed by atoms with Crippen molar-refractivity contribution in [2.45, 2.75) is 24.3 Å². The zero-order valence-electron chi connectivity index (χ0n) is 11.1. The number of hydrogen-bond acceptors (Lipinski definition) is 4. The maximum absolute atomic E-state index is 12.6. The molecule has 1 heterocycles. The molecule has 7 heteroatoms. The molecule has 1 aliphatic rings. The van der Waals surface area contributed by atoms with E-state index < -0.39 is 10.0 Å². The summed E-state index contributed by atoms with van der Waals surface area (Å²) in [5.74, 6) is 0.178. The van der Waals surface area contributed by atoms with Gasteiger partial charge in [0.15, 0.2) is 0 Å². The van der Waals surface area contributed by atoms with Gasteiger partial charge in [0.1, 0.15) is 4.90 Å². The van der Waals surface area contributed by atoms with Crippen LogP contribution < -0.4 is 5.73 Å². The highest BCUT2D eigenvalue weighted by Crippen LogP contribution is 2.32. The summed E-state index contributed by atoms with van der Waals surface area (Å²) in [6.07, 6.45) is 0.754. The molecule has 2 unspecified atom stereocenters. The molecule has 2 N–H and O–H groups in total. The molecule has 1 fully saturated rings. The fourth-order valence-corrected chi connectivity index (χ4v) is 4.76. The minimum Gasteiger partial charge on any atom is -0.330 e. The van der Waals surface area contributed by atoms with Crippen LogP contribution in [0.4, 0.5) is 0 Å². The van der Waals surface area contributed by atoms with Crippen molar-refractivity contribution in [3.63, 3.8) is 0 Å². The maximum atomic E-state index is 12.6. The van der Waals surface area contributed by atoms with E-state index in [1.54, 1.807) is 0 Å². The number of nitrogens with two attached hydrogens (primary N) is 1. The first-order valence-corrected chi connectivity index (χ1v) is 8.13. The van der Waals surface area contributed by atoms with Crippen LogP contribution in [-0.2, 0) is 10.0 Å². The molecular formula is C13H16ClN3O2S. The van der Waals surface area contributed by atoms with Gasteiger partial charge in [0.05, 0.1) is 16.7 Å². The number of hydrogen-bond donors (Lipinski definition) is 1. The Labute approximate surface area is 124 Å². The number of halogens is 1. The molecular weight excluding hydrogens is 298 g/mol. The van der Waals surface area contributed by atoms with Crippen molar-refractivity contribution in [1.29, 1.82) is 5.26 Å². The van der Waals surface area contributed by atoms with Crippen molar-refractivity contribution in [1.82, 2.24) is 4.31 Å². The van der Waals surface area contributed by atoms with Gasteiger partial charge in [-0.3, -0.25) is 0 Å². The van der Waals surface area contributed by atoms with E-state index >= 15 is 0 Å². The third-order valence-electron chi connectivity index (χ3n) is 3.59. The van der Waals surface area contributed by atoms with Gasteiger partial charge in [0, 0.05) is 12.6 Å².